The molecule has 0 unspecified atom stereocenters. The molecule has 0 aliphatic carbocycles. The second-order valence-corrected chi connectivity index (χ2v) is 5.16. The van der Waals surface area contributed by atoms with Gasteiger partial charge in [-0.15, -0.1) is 15.0 Å². The van der Waals surface area contributed by atoms with E-state index in [4.69, 9.17) is 9.47 Å². The minimum absolute atomic E-state index is 0.116. The van der Waals surface area contributed by atoms with Gasteiger partial charge in [0, 0.05) is 17.7 Å². The Bertz CT molecular complexity index is 946. The summed E-state index contributed by atoms with van der Waals surface area (Å²) in [5, 5.41) is 18.8. The van der Waals surface area contributed by atoms with Crippen LogP contribution < -0.4 is 9.47 Å². The van der Waals surface area contributed by atoms with Gasteiger partial charge in [0.05, 0.1) is 7.11 Å². The predicted molar refractivity (Wildman–Crippen MR) is 87.5 cm³/mol. The summed E-state index contributed by atoms with van der Waals surface area (Å²) in [6.07, 6.45) is 0. The lowest BCUT2D eigenvalue weighted by Gasteiger charge is -2.07. The van der Waals surface area contributed by atoms with Gasteiger partial charge in [0.2, 0.25) is 0 Å². The fourth-order valence-electron chi connectivity index (χ4n) is 2.06. The van der Waals surface area contributed by atoms with E-state index in [1.807, 2.05) is 0 Å². The molecule has 0 bridgehead atoms. The molecule has 0 saturated heterocycles. The molecule has 0 atom stereocenters. The van der Waals surface area contributed by atoms with Crippen LogP contribution in [0.1, 0.15) is 6.92 Å². The molecule has 7 heteroatoms. The summed E-state index contributed by atoms with van der Waals surface area (Å²) in [6, 6.07) is 9.74. The molecule has 3 aromatic rings. The summed E-state index contributed by atoms with van der Waals surface area (Å²) in [5.41, 5.74) is 1.92. The Hall–Kier alpha value is -3.35. The van der Waals surface area contributed by atoms with Crippen LogP contribution in [0.4, 0.5) is 0 Å². The van der Waals surface area contributed by atoms with Crippen LogP contribution in [0.5, 0.6) is 17.2 Å². The molecule has 0 saturated carbocycles. The second kappa shape index (κ2) is 6.04. The molecule has 0 aliphatic rings. The summed E-state index contributed by atoms with van der Waals surface area (Å²) in [4.78, 5) is 12.8. The molecule has 0 fully saturated rings. The third-order valence-electron chi connectivity index (χ3n) is 3.31. The number of aromatic hydroxyl groups is 1. The number of hydrogen-bond donors (Lipinski definition) is 1. The van der Waals surface area contributed by atoms with Gasteiger partial charge < -0.3 is 14.6 Å². The van der Waals surface area contributed by atoms with Crippen molar-refractivity contribution in [3.05, 3.63) is 48.6 Å². The van der Waals surface area contributed by atoms with Crippen molar-refractivity contribution in [2.75, 3.05) is 7.11 Å². The van der Waals surface area contributed by atoms with Crippen LogP contribution in [-0.4, -0.2) is 33.2 Å². The lowest BCUT2D eigenvalue weighted by molar-refractivity contribution is -0.130. The van der Waals surface area contributed by atoms with Crippen LogP contribution in [0, 0.1) is 0 Å². The zero-order valence-corrected chi connectivity index (χ0v) is 13.2. The molecule has 1 aromatic heterocycles. The zero-order valence-electron chi connectivity index (χ0n) is 13.2. The fraction of sp³-hybridized carbons (Fsp3) is 0.118. The van der Waals surface area contributed by atoms with Gasteiger partial charge in [-0.05, 0) is 31.2 Å². The SMILES string of the molecule is C=C(C)C(=O)Oc1ccc(-n2nc3ccc(OC)cc3n2)c(O)c1. The predicted octanol–water partition coefficient (Wildman–Crippen LogP) is 2.62. The van der Waals surface area contributed by atoms with Crippen LogP contribution in [0.15, 0.2) is 48.6 Å². The number of phenolic OH excluding ortho intramolecular Hbond substituents is 1. The van der Waals surface area contributed by atoms with Crippen LogP contribution in [0.3, 0.4) is 0 Å². The average Bonchev–Trinajstić information content (AvgIpc) is 2.97. The number of fused-ring (bicyclic) bond motifs is 1. The minimum atomic E-state index is -0.558. The standard InChI is InChI=1S/C17H15N3O4/c1-10(2)17(22)24-12-5-7-15(16(21)9-12)20-18-13-6-4-11(23-3)8-14(13)19-20/h4-9,21H,1H2,2-3H3. The maximum atomic E-state index is 11.5. The number of carbonyl (C=O) groups is 1. The van der Waals surface area contributed by atoms with E-state index in [2.05, 4.69) is 16.8 Å². The highest BCUT2D eigenvalue weighted by molar-refractivity contribution is 5.88. The van der Waals surface area contributed by atoms with E-state index in [9.17, 15) is 9.90 Å². The van der Waals surface area contributed by atoms with Crippen molar-refractivity contribution >= 4 is 17.0 Å². The quantitative estimate of drug-likeness (QED) is 0.451. The Labute approximate surface area is 137 Å². The van der Waals surface area contributed by atoms with Crippen molar-refractivity contribution < 1.29 is 19.4 Å². The summed E-state index contributed by atoms with van der Waals surface area (Å²) in [5.74, 6) is 0.204. The number of methoxy groups -OCH3 is 1. The lowest BCUT2D eigenvalue weighted by atomic mass is 10.3. The first-order valence-corrected chi connectivity index (χ1v) is 7.10. The third-order valence-corrected chi connectivity index (χ3v) is 3.31. The Kier molecular flexibility index (Phi) is 3.91. The van der Waals surface area contributed by atoms with Crippen LogP contribution in [-0.2, 0) is 4.79 Å². The van der Waals surface area contributed by atoms with Crippen molar-refractivity contribution in [2.24, 2.45) is 0 Å². The molecule has 24 heavy (non-hydrogen) atoms. The van der Waals surface area contributed by atoms with Crippen molar-refractivity contribution in [1.29, 1.82) is 0 Å². The smallest absolute Gasteiger partial charge is 0.338 e. The Morgan fingerprint density at radius 2 is 1.83 bits per heavy atom. The first-order valence-electron chi connectivity index (χ1n) is 7.10. The maximum Gasteiger partial charge on any atom is 0.338 e. The summed E-state index contributed by atoms with van der Waals surface area (Å²) in [6.45, 7) is 5.05. The van der Waals surface area contributed by atoms with E-state index in [0.29, 0.717) is 22.5 Å². The molecule has 0 aliphatic heterocycles. The minimum Gasteiger partial charge on any atom is -0.505 e. The number of benzene rings is 2. The highest BCUT2D eigenvalue weighted by atomic mass is 16.5. The number of ether oxygens (including phenoxy) is 2. The van der Waals surface area contributed by atoms with Crippen molar-refractivity contribution in [3.8, 4) is 22.9 Å². The topological polar surface area (TPSA) is 86.5 Å². The maximum absolute atomic E-state index is 11.5. The van der Waals surface area contributed by atoms with E-state index in [-0.39, 0.29) is 17.1 Å². The van der Waals surface area contributed by atoms with E-state index >= 15 is 0 Å². The van der Waals surface area contributed by atoms with Gasteiger partial charge in [-0.1, -0.05) is 6.58 Å². The van der Waals surface area contributed by atoms with Gasteiger partial charge in [-0.3, -0.25) is 0 Å². The Morgan fingerprint density at radius 1 is 1.12 bits per heavy atom. The number of hydrogen-bond acceptors (Lipinski definition) is 6. The van der Waals surface area contributed by atoms with Crippen molar-refractivity contribution in [1.82, 2.24) is 15.0 Å². The molecule has 7 nitrogen and oxygen atoms in total. The summed E-state index contributed by atoms with van der Waals surface area (Å²) >= 11 is 0. The highest BCUT2D eigenvalue weighted by Gasteiger charge is 2.12. The van der Waals surface area contributed by atoms with Crippen molar-refractivity contribution in [3.63, 3.8) is 0 Å². The van der Waals surface area contributed by atoms with Gasteiger partial charge in [0.1, 0.15) is 34.0 Å². The van der Waals surface area contributed by atoms with Crippen LogP contribution >= 0.6 is 0 Å². The van der Waals surface area contributed by atoms with Gasteiger partial charge in [-0.2, -0.15) is 0 Å². The van der Waals surface area contributed by atoms with Crippen molar-refractivity contribution in [2.45, 2.75) is 6.92 Å². The largest absolute Gasteiger partial charge is 0.505 e. The molecule has 1 heterocycles. The molecule has 1 N–H and O–H groups in total. The second-order valence-electron chi connectivity index (χ2n) is 5.16. The number of phenols is 1. The van der Waals surface area contributed by atoms with Gasteiger partial charge in [0.15, 0.2) is 0 Å². The molecule has 3 rings (SSSR count). The zero-order chi connectivity index (χ0) is 17.3. The van der Waals surface area contributed by atoms with E-state index in [0.717, 1.165) is 0 Å². The number of esters is 1. The van der Waals surface area contributed by atoms with E-state index < -0.39 is 5.97 Å². The molecule has 0 spiro atoms. The highest BCUT2D eigenvalue weighted by Crippen LogP contribution is 2.27. The number of aromatic nitrogens is 3. The van der Waals surface area contributed by atoms with E-state index in [1.54, 1.807) is 44.4 Å². The van der Waals surface area contributed by atoms with Gasteiger partial charge >= 0.3 is 5.97 Å². The first kappa shape index (κ1) is 15.5. The fourth-order valence-corrected chi connectivity index (χ4v) is 2.06. The Balaban J connectivity index is 1.94. The summed E-state index contributed by atoms with van der Waals surface area (Å²) in [7, 11) is 1.57. The normalized spacial score (nSPS) is 10.6. The molecule has 122 valence electrons. The average molecular weight is 325 g/mol. The third kappa shape index (κ3) is 2.91. The molecular weight excluding hydrogens is 310 g/mol. The Morgan fingerprint density at radius 3 is 2.50 bits per heavy atom. The summed E-state index contributed by atoms with van der Waals surface area (Å²) < 4.78 is 10.2. The lowest BCUT2D eigenvalue weighted by Crippen LogP contribution is -2.08. The van der Waals surface area contributed by atoms with Crippen LogP contribution in [0.2, 0.25) is 0 Å². The number of rotatable bonds is 4. The van der Waals surface area contributed by atoms with E-state index in [1.165, 1.54) is 10.9 Å². The number of carbonyl (C=O) groups excluding carboxylic acids is 1. The van der Waals surface area contributed by atoms with Gasteiger partial charge in [-0.25, -0.2) is 4.79 Å². The van der Waals surface area contributed by atoms with Crippen LogP contribution in [0.25, 0.3) is 16.7 Å². The first-order chi connectivity index (χ1) is 11.5. The molecule has 0 radical (unpaired) electrons. The number of nitrogens with zero attached hydrogens (tertiary/aromatic N) is 3. The molecular formula is C17H15N3O4. The molecule has 0 amide bonds. The van der Waals surface area contributed by atoms with Gasteiger partial charge in [0.25, 0.3) is 0 Å². The monoisotopic (exact) mass is 325 g/mol. The molecule has 2 aromatic carbocycles.